The van der Waals surface area contributed by atoms with Gasteiger partial charge in [0.15, 0.2) is 10.8 Å². The molecule has 6 nitrogen and oxygen atoms in total. The van der Waals surface area contributed by atoms with Crippen molar-refractivity contribution in [3.05, 3.63) is 64.4 Å². The summed E-state index contributed by atoms with van der Waals surface area (Å²) in [6, 6.07) is 6.50. The summed E-state index contributed by atoms with van der Waals surface area (Å²) in [5, 5.41) is 9.45. The summed E-state index contributed by atoms with van der Waals surface area (Å²) >= 11 is 1.56. The normalized spacial score (nSPS) is 14.8. The summed E-state index contributed by atoms with van der Waals surface area (Å²) in [5.41, 5.74) is 1.84. The third-order valence-electron chi connectivity index (χ3n) is 5.21. The Kier molecular flexibility index (Phi) is 5.57. The number of alkyl halides is 3. The molecule has 0 unspecified atom stereocenters. The zero-order chi connectivity index (χ0) is 22.2. The van der Waals surface area contributed by atoms with Gasteiger partial charge in [-0.3, -0.25) is 9.48 Å². The minimum absolute atomic E-state index is 0.0566. The Labute approximate surface area is 181 Å². The van der Waals surface area contributed by atoms with E-state index in [2.05, 4.69) is 20.3 Å². The van der Waals surface area contributed by atoms with Gasteiger partial charge in [0.2, 0.25) is 0 Å². The smallest absolute Gasteiger partial charge is 0.343 e. The van der Waals surface area contributed by atoms with Crippen LogP contribution in [0.25, 0.3) is 5.57 Å². The second-order valence-electron chi connectivity index (χ2n) is 7.28. The van der Waals surface area contributed by atoms with Crippen molar-refractivity contribution in [3.63, 3.8) is 0 Å². The summed E-state index contributed by atoms with van der Waals surface area (Å²) in [4.78, 5) is 19.2. The standard InChI is InChI=1S/C21H20F3N5OS/c1-13-7-9-29(20-25-8-10-31-20)12-14(13)18-11-17(27-28(18)2)19(30)26-16-6-4-3-5-15(16)21(22,23)24/h3-6,8,10-11H,7,9,12H2,1-2H3,(H,26,30). The third-order valence-corrected chi connectivity index (χ3v) is 6.05. The highest BCUT2D eigenvalue weighted by atomic mass is 32.1. The Morgan fingerprint density at radius 3 is 2.74 bits per heavy atom. The first kappa shape index (κ1) is 21.1. The van der Waals surface area contributed by atoms with Gasteiger partial charge in [-0.05, 0) is 37.1 Å². The average Bonchev–Trinajstić information content (AvgIpc) is 3.38. The van der Waals surface area contributed by atoms with Gasteiger partial charge in [-0.1, -0.05) is 17.7 Å². The molecule has 0 fully saturated rings. The number of carbonyl (C=O) groups is 1. The highest BCUT2D eigenvalue weighted by Crippen LogP contribution is 2.35. The molecule has 0 saturated heterocycles. The molecule has 10 heteroatoms. The van der Waals surface area contributed by atoms with E-state index in [1.54, 1.807) is 35.3 Å². The molecule has 3 heterocycles. The Morgan fingerprint density at radius 2 is 2.03 bits per heavy atom. The molecule has 0 radical (unpaired) electrons. The average molecular weight is 447 g/mol. The largest absolute Gasteiger partial charge is 0.418 e. The van der Waals surface area contributed by atoms with Crippen molar-refractivity contribution in [1.29, 1.82) is 0 Å². The Hall–Kier alpha value is -3.14. The van der Waals surface area contributed by atoms with Gasteiger partial charge in [-0.2, -0.15) is 18.3 Å². The molecule has 0 saturated carbocycles. The Bertz CT molecular complexity index is 1130. The summed E-state index contributed by atoms with van der Waals surface area (Å²) in [6.07, 6.45) is -1.96. The molecule has 1 aromatic carbocycles. The summed E-state index contributed by atoms with van der Waals surface area (Å²) in [5.74, 6) is -0.690. The van der Waals surface area contributed by atoms with Gasteiger partial charge in [0.1, 0.15) is 0 Å². The first-order valence-corrected chi connectivity index (χ1v) is 10.5. The number of aromatic nitrogens is 3. The number of nitrogens with one attached hydrogen (secondary N) is 1. The Morgan fingerprint density at radius 1 is 1.26 bits per heavy atom. The van der Waals surface area contributed by atoms with Gasteiger partial charge in [0, 0.05) is 31.7 Å². The van der Waals surface area contributed by atoms with Gasteiger partial charge in [0.05, 0.1) is 16.9 Å². The Balaban J connectivity index is 1.59. The maximum atomic E-state index is 13.2. The summed E-state index contributed by atoms with van der Waals surface area (Å²) < 4.78 is 41.3. The third kappa shape index (κ3) is 4.34. The fraction of sp³-hybridized carbons (Fsp3) is 0.286. The molecule has 3 aromatic rings. The number of carbonyl (C=O) groups excluding carboxylic acids is 1. The number of hydrogen-bond donors (Lipinski definition) is 1. The lowest BCUT2D eigenvalue weighted by Crippen LogP contribution is -2.31. The molecule has 0 spiro atoms. The van der Waals surface area contributed by atoms with Crippen LogP contribution in [0.2, 0.25) is 0 Å². The van der Waals surface area contributed by atoms with Gasteiger partial charge in [0.25, 0.3) is 5.91 Å². The van der Waals surface area contributed by atoms with Crippen molar-refractivity contribution in [3.8, 4) is 0 Å². The number of hydrogen-bond acceptors (Lipinski definition) is 5. The minimum atomic E-state index is -4.57. The number of anilines is 2. The van der Waals surface area contributed by atoms with Crippen LogP contribution in [0.1, 0.15) is 35.1 Å². The first-order valence-electron chi connectivity index (χ1n) is 9.59. The van der Waals surface area contributed by atoms with Crippen LogP contribution < -0.4 is 10.2 Å². The maximum absolute atomic E-state index is 13.2. The van der Waals surface area contributed by atoms with Crippen molar-refractivity contribution < 1.29 is 18.0 Å². The topological polar surface area (TPSA) is 63.1 Å². The van der Waals surface area contributed by atoms with E-state index in [0.717, 1.165) is 35.4 Å². The molecule has 2 aromatic heterocycles. The van der Waals surface area contributed by atoms with E-state index in [-0.39, 0.29) is 11.4 Å². The highest BCUT2D eigenvalue weighted by Gasteiger charge is 2.34. The number of amides is 1. The number of thiazole rings is 1. The molecule has 1 amide bonds. The van der Waals surface area contributed by atoms with Crippen LogP contribution in [0.15, 0.2) is 47.5 Å². The van der Waals surface area contributed by atoms with Crippen molar-refractivity contribution in [2.24, 2.45) is 7.05 Å². The van der Waals surface area contributed by atoms with Crippen molar-refractivity contribution >= 4 is 33.6 Å². The van der Waals surface area contributed by atoms with Crippen LogP contribution in [0.4, 0.5) is 24.0 Å². The zero-order valence-corrected chi connectivity index (χ0v) is 17.7. The lowest BCUT2D eigenvalue weighted by Gasteiger charge is -2.29. The SMILES string of the molecule is CC1=C(c2cc(C(=O)Nc3ccccc3C(F)(F)F)nn2C)CN(c2nccs2)CC1. The molecule has 1 aliphatic rings. The molecule has 0 bridgehead atoms. The van der Waals surface area contributed by atoms with Gasteiger partial charge < -0.3 is 10.2 Å². The molecular formula is C21H20F3N5OS. The molecular weight excluding hydrogens is 427 g/mol. The maximum Gasteiger partial charge on any atom is 0.418 e. The van der Waals surface area contributed by atoms with E-state index in [9.17, 15) is 18.0 Å². The van der Waals surface area contributed by atoms with E-state index in [0.29, 0.717) is 6.54 Å². The quantitative estimate of drug-likeness (QED) is 0.622. The van der Waals surface area contributed by atoms with Gasteiger partial charge >= 0.3 is 6.18 Å². The van der Waals surface area contributed by atoms with Crippen LogP contribution in [0.3, 0.4) is 0 Å². The lowest BCUT2D eigenvalue weighted by atomic mass is 9.99. The molecule has 0 atom stereocenters. The number of nitrogens with zero attached hydrogens (tertiary/aromatic N) is 4. The van der Waals surface area contributed by atoms with Crippen LogP contribution >= 0.6 is 11.3 Å². The predicted molar refractivity (Wildman–Crippen MR) is 114 cm³/mol. The monoisotopic (exact) mass is 447 g/mol. The molecule has 0 aliphatic carbocycles. The van der Waals surface area contributed by atoms with Crippen LogP contribution in [-0.2, 0) is 13.2 Å². The molecule has 31 heavy (non-hydrogen) atoms. The number of aryl methyl sites for hydroxylation is 1. The van der Waals surface area contributed by atoms with Crippen molar-refractivity contribution in [1.82, 2.24) is 14.8 Å². The van der Waals surface area contributed by atoms with Gasteiger partial charge in [-0.25, -0.2) is 4.98 Å². The van der Waals surface area contributed by atoms with Crippen molar-refractivity contribution in [2.75, 3.05) is 23.3 Å². The molecule has 1 aliphatic heterocycles. The molecule has 162 valence electrons. The number of para-hydroxylation sites is 1. The van der Waals surface area contributed by atoms with Crippen LogP contribution in [0.5, 0.6) is 0 Å². The van der Waals surface area contributed by atoms with Crippen LogP contribution in [0, 0.1) is 0 Å². The van der Waals surface area contributed by atoms with Crippen LogP contribution in [-0.4, -0.2) is 33.8 Å². The number of benzene rings is 1. The fourth-order valence-corrected chi connectivity index (χ4v) is 4.25. The number of halogens is 3. The van der Waals surface area contributed by atoms with Crippen molar-refractivity contribution in [2.45, 2.75) is 19.5 Å². The van der Waals surface area contributed by atoms with E-state index in [1.165, 1.54) is 23.8 Å². The van der Waals surface area contributed by atoms with E-state index in [4.69, 9.17) is 0 Å². The summed E-state index contributed by atoms with van der Waals surface area (Å²) in [7, 11) is 1.72. The first-order chi connectivity index (χ1) is 14.7. The molecule has 4 rings (SSSR count). The minimum Gasteiger partial charge on any atom is -0.343 e. The van der Waals surface area contributed by atoms with E-state index >= 15 is 0 Å². The summed E-state index contributed by atoms with van der Waals surface area (Å²) in [6.45, 7) is 3.51. The lowest BCUT2D eigenvalue weighted by molar-refractivity contribution is -0.136. The number of rotatable bonds is 4. The predicted octanol–water partition coefficient (Wildman–Crippen LogP) is 4.83. The second-order valence-corrected chi connectivity index (χ2v) is 8.15. The van der Waals surface area contributed by atoms with E-state index < -0.39 is 17.6 Å². The fourth-order valence-electron chi connectivity index (χ4n) is 3.58. The van der Waals surface area contributed by atoms with Gasteiger partial charge in [-0.15, -0.1) is 11.3 Å². The molecule has 1 N–H and O–H groups in total. The van der Waals surface area contributed by atoms with E-state index in [1.807, 2.05) is 12.3 Å². The zero-order valence-electron chi connectivity index (χ0n) is 16.9. The highest BCUT2D eigenvalue weighted by molar-refractivity contribution is 7.13. The second kappa shape index (κ2) is 8.18.